The van der Waals surface area contributed by atoms with Gasteiger partial charge in [0.05, 0.1) is 5.69 Å². The molecule has 2 aromatic carbocycles. The van der Waals surface area contributed by atoms with Crippen LogP contribution in [0.15, 0.2) is 59.1 Å². The molecule has 98 valence electrons. The van der Waals surface area contributed by atoms with Gasteiger partial charge < -0.3 is 4.74 Å². The van der Waals surface area contributed by atoms with Crippen molar-refractivity contribution in [1.82, 2.24) is 0 Å². The lowest BCUT2D eigenvalue weighted by molar-refractivity contribution is 0.147. The molecule has 0 aromatic heterocycles. The van der Waals surface area contributed by atoms with Gasteiger partial charge in [0.15, 0.2) is 0 Å². The third-order valence-electron chi connectivity index (χ3n) is 2.51. The Morgan fingerprint density at radius 1 is 1.11 bits per heavy atom. The predicted octanol–water partition coefficient (Wildman–Crippen LogP) is 3.47. The largest absolute Gasteiger partial charge is 0.443 e. The summed E-state index contributed by atoms with van der Waals surface area (Å²) in [6, 6.07) is 16.5. The van der Waals surface area contributed by atoms with Crippen molar-refractivity contribution in [2.75, 3.05) is 5.01 Å². The molecule has 4 nitrogen and oxygen atoms in total. The number of halogens is 1. The van der Waals surface area contributed by atoms with Crippen LogP contribution in [0.2, 0.25) is 0 Å². The lowest BCUT2D eigenvalue weighted by Gasteiger charge is -2.16. The molecule has 0 unspecified atom stereocenters. The van der Waals surface area contributed by atoms with Gasteiger partial charge in [0.25, 0.3) is 0 Å². The Kier molecular flexibility index (Phi) is 4.54. The van der Waals surface area contributed by atoms with Crippen LogP contribution < -0.4 is 10.9 Å². The minimum absolute atomic E-state index is 0.198. The highest BCUT2D eigenvalue weighted by Gasteiger charge is 2.12. The fraction of sp³-hybridized carbons (Fsp3) is 0.0714. The Morgan fingerprint density at radius 3 is 2.37 bits per heavy atom. The number of anilines is 1. The first kappa shape index (κ1) is 13.6. The SMILES string of the molecule is NN(C(=O)OCc1ccccc1)c1ccc(Br)cc1. The van der Waals surface area contributed by atoms with Crippen molar-refractivity contribution in [1.29, 1.82) is 0 Å². The molecule has 2 rings (SSSR count). The molecular weight excluding hydrogens is 308 g/mol. The highest BCUT2D eigenvalue weighted by molar-refractivity contribution is 9.10. The third-order valence-corrected chi connectivity index (χ3v) is 3.04. The van der Waals surface area contributed by atoms with E-state index in [0.717, 1.165) is 15.0 Å². The summed E-state index contributed by atoms with van der Waals surface area (Å²) < 4.78 is 6.04. The molecule has 19 heavy (non-hydrogen) atoms. The maximum Gasteiger partial charge on any atom is 0.429 e. The van der Waals surface area contributed by atoms with Crippen molar-refractivity contribution < 1.29 is 9.53 Å². The summed E-state index contributed by atoms with van der Waals surface area (Å²) in [7, 11) is 0. The molecule has 0 spiro atoms. The maximum atomic E-state index is 11.8. The van der Waals surface area contributed by atoms with E-state index in [1.807, 2.05) is 30.3 Å². The Balaban J connectivity index is 1.94. The van der Waals surface area contributed by atoms with E-state index < -0.39 is 6.09 Å². The van der Waals surface area contributed by atoms with Gasteiger partial charge in [-0.2, -0.15) is 0 Å². The first-order chi connectivity index (χ1) is 9.16. The molecule has 0 atom stereocenters. The number of carbonyl (C=O) groups excluding carboxylic acids is 1. The molecule has 0 radical (unpaired) electrons. The highest BCUT2D eigenvalue weighted by Crippen LogP contribution is 2.17. The van der Waals surface area contributed by atoms with Gasteiger partial charge >= 0.3 is 6.09 Å². The number of hydrogen-bond acceptors (Lipinski definition) is 3. The van der Waals surface area contributed by atoms with Gasteiger partial charge in [0.2, 0.25) is 0 Å². The van der Waals surface area contributed by atoms with E-state index in [-0.39, 0.29) is 6.61 Å². The smallest absolute Gasteiger partial charge is 0.429 e. The molecule has 0 fully saturated rings. The van der Waals surface area contributed by atoms with E-state index in [1.165, 1.54) is 0 Å². The number of nitrogens with two attached hydrogens (primary N) is 1. The summed E-state index contributed by atoms with van der Waals surface area (Å²) in [6.45, 7) is 0.198. The zero-order valence-electron chi connectivity index (χ0n) is 10.1. The second-order valence-corrected chi connectivity index (χ2v) is 4.80. The Bertz CT molecular complexity index is 543. The van der Waals surface area contributed by atoms with Crippen LogP contribution in [0.5, 0.6) is 0 Å². The normalized spacial score (nSPS) is 10.0. The third kappa shape index (κ3) is 3.81. The molecule has 0 saturated carbocycles. The van der Waals surface area contributed by atoms with Crippen LogP contribution in [0.4, 0.5) is 10.5 Å². The summed E-state index contributed by atoms with van der Waals surface area (Å²) in [6.07, 6.45) is -0.592. The predicted molar refractivity (Wildman–Crippen MR) is 77.4 cm³/mol. The number of benzene rings is 2. The molecule has 0 aliphatic rings. The van der Waals surface area contributed by atoms with Gasteiger partial charge in [0, 0.05) is 4.47 Å². The number of hydrogen-bond donors (Lipinski definition) is 1. The van der Waals surface area contributed by atoms with Crippen molar-refractivity contribution in [3.8, 4) is 0 Å². The van der Waals surface area contributed by atoms with Crippen molar-refractivity contribution in [2.45, 2.75) is 6.61 Å². The van der Waals surface area contributed by atoms with Crippen LogP contribution in [0.25, 0.3) is 0 Å². The zero-order valence-corrected chi connectivity index (χ0v) is 11.7. The van der Waals surface area contributed by atoms with Crippen LogP contribution in [0, 0.1) is 0 Å². The van der Waals surface area contributed by atoms with Gasteiger partial charge in [0.1, 0.15) is 6.61 Å². The Morgan fingerprint density at radius 2 is 1.74 bits per heavy atom. The fourth-order valence-corrected chi connectivity index (χ4v) is 1.76. The fourth-order valence-electron chi connectivity index (χ4n) is 1.50. The van der Waals surface area contributed by atoms with Crippen molar-refractivity contribution in [3.05, 3.63) is 64.6 Å². The molecule has 0 saturated heterocycles. The lowest BCUT2D eigenvalue weighted by Crippen LogP contribution is -2.37. The summed E-state index contributed by atoms with van der Waals surface area (Å²) in [5.74, 6) is 5.70. The Labute approximate surface area is 119 Å². The van der Waals surface area contributed by atoms with Gasteiger partial charge in [-0.15, -0.1) is 0 Å². The van der Waals surface area contributed by atoms with Crippen molar-refractivity contribution in [3.63, 3.8) is 0 Å². The van der Waals surface area contributed by atoms with E-state index in [0.29, 0.717) is 5.69 Å². The topological polar surface area (TPSA) is 55.6 Å². The summed E-state index contributed by atoms with van der Waals surface area (Å²) in [5.41, 5.74) is 1.49. The number of nitrogens with zero attached hydrogens (tertiary/aromatic N) is 1. The quantitative estimate of drug-likeness (QED) is 0.535. The monoisotopic (exact) mass is 320 g/mol. The number of hydrazine groups is 1. The molecule has 1 amide bonds. The average Bonchev–Trinajstić information content (AvgIpc) is 2.46. The van der Waals surface area contributed by atoms with E-state index >= 15 is 0 Å². The second kappa shape index (κ2) is 6.36. The molecule has 2 aromatic rings. The van der Waals surface area contributed by atoms with Gasteiger partial charge in [-0.1, -0.05) is 46.3 Å². The minimum Gasteiger partial charge on any atom is -0.443 e. The lowest BCUT2D eigenvalue weighted by atomic mass is 10.2. The molecule has 0 aliphatic carbocycles. The van der Waals surface area contributed by atoms with Crippen LogP contribution >= 0.6 is 15.9 Å². The standard InChI is InChI=1S/C14H13BrN2O2/c15-12-6-8-13(9-7-12)17(16)14(18)19-10-11-4-2-1-3-5-11/h1-9H,10,16H2. The van der Waals surface area contributed by atoms with Gasteiger partial charge in [-0.3, -0.25) is 0 Å². The van der Waals surface area contributed by atoms with Crippen molar-refractivity contribution in [2.24, 2.45) is 5.84 Å². The zero-order chi connectivity index (χ0) is 13.7. The minimum atomic E-state index is -0.592. The number of carbonyl (C=O) groups is 1. The average molecular weight is 321 g/mol. The van der Waals surface area contributed by atoms with E-state index in [1.54, 1.807) is 24.3 Å². The van der Waals surface area contributed by atoms with Crippen LogP contribution in [0.1, 0.15) is 5.56 Å². The number of amides is 1. The second-order valence-electron chi connectivity index (χ2n) is 3.89. The Hall–Kier alpha value is -1.85. The van der Waals surface area contributed by atoms with E-state index in [2.05, 4.69) is 15.9 Å². The van der Waals surface area contributed by atoms with Crippen LogP contribution in [0.3, 0.4) is 0 Å². The molecule has 0 aliphatic heterocycles. The summed E-state index contributed by atoms with van der Waals surface area (Å²) >= 11 is 3.32. The summed E-state index contributed by atoms with van der Waals surface area (Å²) in [4.78, 5) is 11.8. The first-order valence-electron chi connectivity index (χ1n) is 5.68. The molecule has 0 bridgehead atoms. The summed E-state index contributed by atoms with van der Waals surface area (Å²) in [5, 5.41) is 0.982. The molecule has 0 heterocycles. The van der Waals surface area contributed by atoms with Crippen LogP contribution in [-0.2, 0) is 11.3 Å². The molecular formula is C14H13BrN2O2. The van der Waals surface area contributed by atoms with Gasteiger partial charge in [-0.25, -0.2) is 15.6 Å². The molecule has 5 heteroatoms. The highest BCUT2D eigenvalue weighted by atomic mass is 79.9. The maximum absolute atomic E-state index is 11.8. The van der Waals surface area contributed by atoms with E-state index in [9.17, 15) is 4.79 Å². The first-order valence-corrected chi connectivity index (χ1v) is 6.47. The van der Waals surface area contributed by atoms with Gasteiger partial charge in [-0.05, 0) is 29.8 Å². The van der Waals surface area contributed by atoms with Crippen LogP contribution in [-0.4, -0.2) is 6.09 Å². The molecule has 2 N–H and O–H groups in total. The number of rotatable bonds is 3. The van der Waals surface area contributed by atoms with Crippen molar-refractivity contribution >= 4 is 27.7 Å². The van der Waals surface area contributed by atoms with E-state index in [4.69, 9.17) is 10.6 Å². The number of ether oxygens (including phenoxy) is 1.